The Bertz CT molecular complexity index is 136. The molecule has 42 valence electrons. The third-order valence-corrected chi connectivity index (χ3v) is 1.15. The van der Waals surface area contributed by atoms with Gasteiger partial charge in [-0.25, -0.2) is 0 Å². The molecule has 0 saturated heterocycles. The van der Waals surface area contributed by atoms with E-state index < -0.39 is 0 Å². The normalized spacial score (nSPS) is 9.12. The fraction of sp³-hybridized carbons (Fsp3) is 0.200. The Morgan fingerprint density at radius 3 is 3.12 bits per heavy atom. The molecule has 1 aromatic rings. The fourth-order valence-electron chi connectivity index (χ4n) is 0.428. The van der Waals surface area contributed by atoms with E-state index >= 15 is 0 Å². The Kier molecular flexibility index (Phi) is 1.74. The number of hydrogen-bond acceptors (Lipinski definition) is 2. The molecule has 0 aromatic carbocycles. The van der Waals surface area contributed by atoms with Crippen LogP contribution in [-0.4, -0.2) is 9.76 Å². The molecule has 8 heavy (non-hydrogen) atoms. The third kappa shape index (κ3) is 1.13. The van der Waals surface area contributed by atoms with E-state index in [2.05, 4.69) is 0 Å². The second kappa shape index (κ2) is 2.57. The second-order valence-electron chi connectivity index (χ2n) is 1.27. The predicted molar refractivity (Wildman–Crippen MR) is 31.0 cm³/mol. The van der Waals surface area contributed by atoms with Crippen molar-refractivity contribution < 1.29 is 8.84 Å². The first-order chi connectivity index (χ1) is 3.93. The highest BCUT2D eigenvalue weighted by Crippen LogP contribution is 2.08. The van der Waals surface area contributed by atoms with Crippen LogP contribution in [0.4, 0.5) is 0 Å². The average molecular weight is 126 g/mol. The van der Waals surface area contributed by atoms with Crippen molar-refractivity contribution in [2.24, 2.45) is 0 Å². The Morgan fingerprint density at radius 2 is 2.62 bits per heavy atom. The van der Waals surface area contributed by atoms with Crippen molar-refractivity contribution in [3.63, 3.8) is 0 Å². The quantitative estimate of drug-likeness (QED) is 0.558. The van der Waals surface area contributed by atoms with Gasteiger partial charge in [-0.2, -0.15) is 0 Å². The number of rotatable bonds is 2. The van der Waals surface area contributed by atoms with Crippen LogP contribution in [0.3, 0.4) is 0 Å². The SMILES string of the molecule is C[Si]Oc1ccoc1. The molecule has 2 nitrogen and oxygen atoms in total. The van der Waals surface area contributed by atoms with Gasteiger partial charge in [-0.3, -0.25) is 0 Å². The van der Waals surface area contributed by atoms with Crippen LogP contribution in [0.2, 0.25) is 6.55 Å². The van der Waals surface area contributed by atoms with Crippen molar-refractivity contribution in [3.8, 4) is 5.75 Å². The van der Waals surface area contributed by atoms with Gasteiger partial charge < -0.3 is 8.84 Å². The minimum Gasteiger partial charge on any atom is -0.539 e. The van der Waals surface area contributed by atoms with E-state index in [0.29, 0.717) is 9.76 Å². The molecule has 0 aliphatic heterocycles. The summed E-state index contributed by atoms with van der Waals surface area (Å²) in [7, 11) is 0.492. The van der Waals surface area contributed by atoms with Crippen LogP contribution in [-0.2, 0) is 0 Å². The van der Waals surface area contributed by atoms with Gasteiger partial charge in [-0.05, 0) is 6.55 Å². The Hall–Kier alpha value is -0.703. The fourth-order valence-corrected chi connectivity index (χ4v) is 0.780. The maximum absolute atomic E-state index is 5.08. The monoisotopic (exact) mass is 126 g/mol. The van der Waals surface area contributed by atoms with Gasteiger partial charge in [0.25, 0.3) is 0 Å². The maximum atomic E-state index is 5.08. The number of hydrogen-bond donors (Lipinski definition) is 0. The predicted octanol–water partition coefficient (Wildman–Crippen LogP) is 1.33. The van der Waals surface area contributed by atoms with Crippen molar-refractivity contribution in [2.75, 3.05) is 0 Å². The van der Waals surface area contributed by atoms with E-state index in [4.69, 9.17) is 8.84 Å². The van der Waals surface area contributed by atoms with E-state index in [1.54, 1.807) is 18.6 Å². The Balaban J connectivity index is 2.50. The van der Waals surface area contributed by atoms with Crippen molar-refractivity contribution >= 4 is 9.76 Å². The summed E-state index contributed by atoms with van der Waals surface area (Å²) >= 11 is 0. The topological polar surface area (TPSA) is 22.4 Å². The largest absolute Gasteiger partial charge is 0.539 e. The first-order valence-electron chi connectivity index (χ1n) is 2.29. The van der Waals surface area contributed by atoms with Gasteiger partial charge in [0.1, 0.15) is 12.0 Å². The smallest absolute Gasteiger partial charge is 0.307 e. The molecule has 1 aromatic heterocycles. The van der Waals surface area contributed by atoms with Crippen LogP contribution in [0.5, 0.6) is 5.75 Å². The van der Waals surface area contributed by atoms with Gasteiger partial charge in [-0.15, -0.1) is 0 Å². The zero-order valence-electron chi connectivity index (χ0n) is 4.55. The van der Waals surface area contributed by atoms with Crippen molar-refractivity contribution in [2.45, 2.75) is 6.55 Å². The van der Waals surface area contributed by atoms with Crippen molar-refractivity contribution in [3.05, 3.63) is 18.6 Å². The summed E-state index contributed by atoms with van der Waals surface area (Å²) in [5, 5.41) is 0. The highest BCUT2D eigenvalue weighted by Gasteiger charge is 1.88. The molecule has 1 heterocycles. The van der Waals surface area contributed by atoms with Crippen LogP contribution in [0.15, 0.2) is 23.0 Å². The summed E-state index contributed by atoms with van der Waals surface area (Å²) in [4.78, 5) is 0. The first kappa shape index (κ1) is 5.43. The minimum absolute atomic E-state index is 0.492. The van der Waals surface area contributed by atoms with Crippen LogP contribution in [0.1, 0.15) is 0 Å². The summed E-state index contributed by atoms with van der Waals surface area (Å²) in [6, 6.07) is 1.79. The zero-order valence-corrected chi connectivity index (χ0v) is 5.55. The van der Waals surface area contributed by atoms with Gasteiger partial charge in [0.2, 0.25) is 0 Å². The van der Waals surface area contributed by atoms with Crippen LogP contribution < -0.4 is 4.43 Å². The molecule has 0 aliphatic carbocycles. The van der Waals surface area contributed by atoms with Crippen LogP contribution >= 0.6 is 0 Å². The standard InChI is InChI=1S/C5H6O2Si/c1-8-7-5-2-3-6-4-5/h2-4H,1H3. The Labute approximate surface area is 50.4 Å². The average Bonchev–Trinajstić information content (AvgIpc) is 2.19. The molecule has 0 saturated carbocycles. The van der Waals surface area contributed by atoms with Crippen molar-refractivity contribution in [1.82, 2.24) is 0 Å². The van der Waals surface area contributed by atoms with Gasteiger partial charge >= 0.3 is 9.76 Å². The van der Waals surface area contributed by atoms with Gasteiger partial charge in [0, 0.05) is 6.07 Å². The van der Waals surface area contributed by atoms with E-state index in [-0.39, 0.29) is 0 Å². The molecule has 0 spiro atoms. The van der Waals surface area contributed by atoms with Crippen LogP contribution in [0, 0.1) is 0 Å². The highest BCUT2D eigenvalue weighted by atomic mass is 28.2. The highest BCUT2D eigenvalue weighted by molar-refractivity contribution is 6.26. The first-order valence-corrected chi connectivity index (χ1v) is 3.70. The maximum Gasteiger partial charge on any atom is 0.307 e. The Morgan fingerprint density at radius 1 is 1.75 bits per heavy atom. The zero-order chi connectivity index (χ0) is 5.82. The molecule has 0 atom stereocenters. The molecule has 0 bridgehead atoms. The minimum atomic E-state index is 0.492. The second-order valence-corrected chi connectivity index (χ2v) is 1.88. The van der Waals surface area contributed by atoms with Gasteiger partial charge in [0.15, 0.2) is 0 Å². The summed E-state index contributed by atoms with van der Waals surface area (Å²) in [6.07, 6.45) is 3.17. The van der Waals surface area contributed by atoms with Crippen LogP contribution in [0.25, 0.3) is 0 Å². The lowest BCUT2D eigenvalue weighted by Gasteiger charge is -1.91. The third-order valence-electron chi connectivity index (χ3n) is 0.715. The van der Waals surface area contributed by atoms with Crippen molar-refractivity contribution in [1.29, 1.82) is 0 Å². The molecule has 0 aliphatic rings. The van der Waals surface area contributed by atoms with Gasteiger partial charge in [-0.1, -0.05) is 0 Å². The molecule has 0 unspecified atom stereocenters. The van der Waals surface area contributed by atoms with E-state index in [1.807, 2.05) is 6.55 Å². The molecule has 0 N–H and O–H groups in total. The molecule has 0 fully saturated rings. The summed E-state index contributed by atoms with van der Waals surface area (Å²) in [6.45, 7) is 1.97. The van der Waals surface area contributed by atoms with E-state index in [0.717, 1.165) is 5.75 Å². The lowest BCUT2D eigenvalue weighted by atomic mass is 10.6. The molecular formula is C5H6O2Si. The lowest BCUT2D eigenvalue weighted by Crippen LogP contribution is -1.92. The molecule has 2 radical (unpaired) electrons. The summed E-state index contributed by atoms with van der Waals surface area (Å²) < 4.78 is 9.83. The van der Waals surface area contributed by atoms with E-state index in [9.17, 15) is 0 Å². The number of furan rings is 1. The summed E-state index contributed by atoms with van der Waals surface area (Å²) in [5.41, 5.74) is 0. The van der Waals surface area contributed by atoms with E-state index in [1.165, 1.54) is 0 Å². The molecular weight excluding hydrogens is 120 g/mol. The molecule has 0 amide bonds. The summed E-state index contributed by atoms with van der Waals surface area (Å²) in [5.74, 6) is 0.811. The van der Waals surface area contributed by atoms with Gasteiger partial charge in [0.05, 0.1) is 6.26 Å². The molecule has 1 rings (SSSR count). The lowest BCUT2D eigenvalue weighted by molar-refractivity contribution is 0.535. The molecule has 3 heteroatoms.